The Hall–Kier alpha value is -1.45. The standard InChI is InChI=1S/C14H12Cl2N2O/c1-8-6-18-7-9-5-10(15)3-4-11(9)17-14(16)12(18)13(8)19-2/h3-6H,7H2,1-2H3. The Kier molecular flexibility index (Phi) is 3.03. The highest BCUT2D eigenvalue weighted by Gasteiger charge is 2.22. The third kappa shape index (κ3) is 2.03. The van der Waals surface area contributed by atoms with Crippen LogP contribution in [0.5, 0.6) is 5.75 Å². The molecule has 1 aliphatic rings. The summed E-state index contributed by atoms with van der Waals surface area (Å²) >= 11 is 12.4. The summed E-state index contributed by atoms with van der Waals surface area (Å²) in [4.78, 5) is 4.47. The summed E-state index contributed by atoms with van der Waals surface area (Å²) in [6.45, 7) is 2.67. The van der Waals surface area contributed by atoms with Gasteiger partial charge >= 0.3 is 0 Å². The van der Waals surface area contributed by atoms with E-state index in [1.807, 2.05) is 35.9 Å². The van der Waals surface area contributed by atoms with Crippen molar-refractivity contribution in [3.05, 3.63) is 46.2 Å². The smallest absolute Gasteiger partial charge is 0.157 e. The predicted molar refractivity (Wildman–Crippen MR) is 78.3 cm³/mol. The Morgan fingerprint density at radius 3 is 2.84 bits per heavy atom. The third-order valence-electron chi connectivity index (χ3n) is 3.21. The van der Waals surface area contributed by atoms with E-state index >= 15 is 0 Å². The maximum atomic E-state index is 6.33. The van der Waals surface area contributed by atoms with Gasteiger partial charge in [-0.2, -0.15) is 0 Å². The Morgan fingerprint density at radius 2 is 2.11 bits per heavy atom. The van der Waals surface area contributed by atoms with Crippen molar-refractivity contribution < 1.29 is 4.74 Å². The van der Waals surface area contributed by atoms with Crippen LogP contribution in [0.1, 0.15) is 16.8 Å². The van der Waals surface area contributed by atoms with Crippen LogP contribution in [0.4, 0.5) is 5.69 Å². The molecule has 2 heterocycles. The average molecular weight is 295 g/mol. The number of aliphatic imine (C=N–C) groups is 1. The number of fused-ring (bicyclic) bond motifs is 2. The summed E-state index contributed by atoms with van der Waals surface area (Å²) in [6.07, 6.45) is 2.02. The fourth-order valence-corrected chi connectivity index (χ4v) is 2.88. The minimum Gasteiger partial charge on any atom is -0.494 e. The van der Waals surface area contributed by atoms with Crippen LogP contribution in [-0.2, 0) is 6.54 Å². The number of aromatic nitrogens is 1. The number of halogens is 2. The van der Waals surface area contributed by atoms with E-state index in [0.29, 0.717) is 16.7 Å². The SMILES string of the molecule is COc1c(C)cn2c1C(Cl)=Nc1ccc(Cl)cc1C2. The van der Waals surface area contributed by atoms with Crippen molar-refractivity contribution in [2.24, 2.45) is 4.99 Å². The van der Waals surface area contributed by atoms with Crippen LogP contribution in [-0.4, -0.2) is 16.8 Å². The van der Waals surface area contributed by atoms with E-state index in [4.69, 9.17) is 27.9 Å². The second-order valence-electron chi connectivity index (χ2n) is 4.50. The van der Waals surface area contributed by atoms with Crippen molar-refractivity contribution in [1.29, 1.82) is 0 Å². The molecule has 2 aromatic rings. The highest BCUT2D eigenvalue weighted by molar-refractivity contribution is 6.70. The monoisotopic (exact) mass is 294 g/mol. The summed E-state index contributed by atoms with van der Waals surface area (Å²) in [5.41, 5.74) is 3.74. The lowest BCUT2D eigenvalue weighted by Gasteiger charge is -2.06. The third-order valence-corrected chi connectivity index (χ3v) is 3.71. The molecule has 98 valence electrons. The van der Waals surface area contributed by atoms with Crippen LogP contribution in [0.3, 0.4) is 0 Å². The van der Waals surface area contributed by atoms with Crippen molar-refractivity contribution in [1.82, 2.24) is 4.57 Å². The van der Waals surface area contributed by atoms with E-state index in [9.17, 15) is 0 Å². The van der Waals surface area contributed by atoms with E-state index in [1.54, 1.807) is 7.11 Å². The zero-order chi connectivity index (χ0) is 13.6. The maximum absolute atomic E-state index is 6.33. The molecule has 19 heavy (non-hydrogen) atoms. The lowest BCUT2D eigenvalue weighted by Crippen LogP contribution is -2.04. The van der Waals surface area contributed by atoms with E-state index in [0.717, 1.165) is 28.3 Å². The van der Waals surface area contributed by atoms with Crippen LogP contribution in [0.15, 0.2) is 29.4 Å². The minimum atomic E-state index is 0.436. The maximum Gasteiger partial charge on any atom is 0.157 e. The molecule has 0 amide bonds. The van der Waals surface area contributed by atoms with Gasteiger partial charge in [0.1, 0.15) is 11.4 Å². The Morgan fingerprint density at radius 1 is 1.32 bits per heavy atom. The van der Waals surface area contributed by atoms with Crippen molar-refractivity contribution >= 4 is 34.1 Å². The molecule has 0 spiro atoms. The van der Waals surface area contributed by atoms with Crippen LogP contribution >= 0.6 is 23.2 Å². The molecule has 0 bridgehead atoms. The van der Waals surface area contributed by atoms with Gasteiger partial charge in [0.05, 0.1) is 12.8 Å². The van der Waals surface area contributed by atoms with Gasteiger partial charge in [-0.3, -0.25) is 0 Å². The first kappa shape index (κ1) is 12.6. The summed E-state index contributed by atoms with van der Waals surface area (Å²) in [5.74, 6) is 0.771. The molecule has 0 unspecified atom stereocenters. The van der Waals surface area contributed by atoms with E-state index in [2.05, 4.69) is 4.99 Å². The van der Waals surface area contributed by atoms with Gasteiger partial charge in [0, 0.05) is 23.3 Å². The Labute approximate surface area is 121 Å². The van der Waals surface area contributed by atoms with Crippen LogP contribution < -0.4 is 4.74 Å². The summed E-state index contributed by atoms with van der Waals surface area (Å²) in [6, 6.07) is 5.62. The van der Waals surface area contributed by atoms with Crippen LogP contribution in [0.2, 0.25) is 5.02 Å². The minimum absolute atomic E-state index is 0.436. The fourth-order valence-electron chi connectivity index (χ4n) is 2.40. The first-order chi connectivity index (χ1) is 9.10. The molecule has 3 rings (SSSR count). The molecule has 0 radical (unpaired) electrons. The topological polar surface area (TPSA) is 26.5 Å². The lowest BCUT2D eigenvalue weighted by molar-refractivity contribution is 0.410. The highest BCUT2D eigenvalue weighted by atomic mass is 35.5. The van der Waals surface area contributed by atoms with Gasteiger partial charge in [0.15, 0.2) is 5.17 Å². The Balaban J connectivity index is 2.24. The fraction of sp³-hybridized carbons (Fsp3) is 0.214. The first-order valence-corrected chi connectivity index (χ1v) is 6.62. The van der Waals surface area contributed by atoms with Gasteiger partial charge in [0.25, 0.3) is 0 Å². The van der Waals surface area contributed by atoms with Gasteiger partial charge in [0.2, 0.25) is 0 Å². The molecular formula is C14H12Cl2N2O. The van der Waals surface area contributed by atoms with Crippen LogP contribution in [0.25, 0.3) is 0 Å². The molecule has 1 aliphatic heterocycles. The number of hydrogen-bond acceptors (Lipinski definition) is 2. The number of benzene rings is 1. The summed E-state index contributed by atoms with van der Waals surface area (Å²) < 4.78 is 7.46. The molecule has 1 aromatic heterocycles. The molecular weight excluding hydrogens is 283 g/mol. The molecule has 1 aromatic carbocycles. The zero-order valence-electron chi connectivity index (χ0n) is 10.6. The second-order valence-corrected chi connectivity index (χ2v) is 5.29. The average Bonchev–Trinajstić information content (AvgIpc) is 2.61. The molecule has 0 aliphatic carbocycles. The molecule has 0 saturated heterocycles. The molecule has 0 fully saturated rings. The van der Waals surface area contributed by atoms with E-state index in [-0.39, 0.29) is 0 Å². The van der Waals surface area contributed by atoms with Gasteiger partial charge in [-0.1, -0.05) is 23.2 Å². The molecule has 0 saturated carbocycles. The van der Waals surface area contributed by atoms with Gasteiger partial charge in [-0.25, -0.2) is 4.99 Å². The van der Waals surface area contributed by atoms with Crippen LogP contribution in [0, 0.1) is 6.92 Å². The quantitative estimate of drug-likeness (QED) is 0.776. The molecule has 5 heteroatoms. The molecule has 0 atom stereocenters. The van der Waals surface area contributed by atoms with Gasteiger partial charge in [-0.05, 0) is 30.7 Å². The zero-order valence-corrected chi connectivity index (χ0v) is 12.1. The van der Waals surface area contributed by atoms with Gasteiger partial charge < -0.3 is 9.30 Å². The van der Waals surface area contributed by atoms with Gasteiger partial charge in [-0.15, -0.1) is 0 Å². The number of rotatable bonds is 1. The summed E-state index contributed by atoms with van der Waals surface area (Å²) in [5, 5.41) is 1.13. The normalized spacial score (nSPS) is 13.4. The van der Waals surface area contributed by atoms with Crippen molar-refractivity contribution in [2.45, 2.75) is 13.5 Å². The Bertz CT molecular complexity index is 689. The molecule has 0 N–H and O–H groups in total. The van der Waals surface area contributed by atoms with E-state index < -0.39 is 0 Å². The van der Waals surface area contributed by atoms with E-state index in [1.165, 1.54) is 0 Å². The van der Waals surface area contributed by atoms with Crippen molar-refractivity contribution in [2.75, 3.05) is 7.11 Å². The number of nitrogens with zero attached hydrogens (tertiary/aromatic N) is 2. The number of aryl methyl sites for hydroxylation is 1. The second kappa shape index (κ2) is 4.58. The highest BCUT2D eigenvalue weighted by Crippen LogP contribution is 2.34. The largest absolute Gasteiger partial charge is 0.494 e. The number of methoxy groups -OCH3 is 1. The van der Waals surface area contributed by atoms with Crippen molar-refractivity contribution in [3.8, 4) is 5.75 Å². The molecule has 3 nitrogen and oxygen atoms in total. The number of hydrogen-bond donors (Lipinski definition) is 0. The summed E-state index contributed by atoms with van der Waals surface area (Å²) in [7, 11) is 1.64. The predicted octanol–water partition coefficient (Wildman–Crippen LogP) is 4.14. The lowest BCUT2D eigenvalue weighted by atomic mass is 10.2. The first-order valence-electron chi connectivity index (χ1n) is 5.87. The van der Waals surface area contributed by atoms with Crippen molar-refractivity contribution in [3.63, 3.8) is 0 Å². The number of ether oxygens (including phenoxy) is 1.